The van der Waals surface area contributed by atoms with Gasteiger partial charge >= 0.3 is 0 Å². The van der Waals surface area contributed by atoms with Gasteiger partial charge in [0.25, 0.3) is 0 Å². The van der Waals surface area contributed by atoms with E-state index in [1.165, 1.54) is 0 Å². The largest absolute Gasteiger partial charge is 0.384 e. The van der Waals surface area contributed by atoms with E-state index in [2.05, 4.69) is 49.9 Å². The molecule has 3 N–H and O–H groups in total. The van der Waals surface area contributed by atoms with E-state index in [1.807, 2.05) is 0 Å². The van der Waals surface area contributed by atoms with Gasteiger partial charge in [0.1, 0.15) is 17.5 Å². The summed E-state index contributed by atoms with van der Waals surface area (Å²) in [6, 6.07) is 2.12. The fourth-order valence-corrected chi connectivity index (χ4v) is 1.37. The number of nitrogens with two attached hydrogens (primary N) is 1. The first kappa shape index (κ1) is 13.7. The molecule has 4 nitrogen and oxygen atoms in total. The van der Waals surface area contributed by atoms with Gasteiger partial charge in [-0.1, -0.05) is 27.7 Å². The van der Waals surface area contributed by atoms with Gasteiger partial charge in [-0.25, -0.2) is 9.97 Å². The van der Waals surface area contributed by atoms with Gasteiger partial charge in [0, 0.05) is 18.5 Å². The average molecular weight is 236 g/mol. The Morgan fingerprint density at radius 2 is 2.00 bits per heavy atom. The molecule has 1 heterocycles. The van der Waals surface area contributed by atoms with Gasteiger partial charge < -0.3 is 11.1 Å². The maximum atomic E-state index is 5.78. The molecule has 0 saturated heterocycles. The fourth-order valence-electron chi connectivity index (χ4n) is 1.37. The third kappa shape index (κ3) is 4.21. The molecular formula is C13H24N4. The van der Waals surface area contributed by atoms with Crippen LogP contribution in [0.15, 0.2) is 6.07 Å². The summed E-state index contributed by atoms with van der Waals surface area (Å²) < 4.78 is 0. The minimum absolute atomic E-state index is 0.185. The Kier molecular flexibility index (Phi) is 4.32. The molecule has 0 saturated carbocycles. The second kappa shape index (κ2) is 5.34. The molecule has 1 atom stereocenters. The van der Waals surface area contributed by atoms with Crippen LogP contribution >= 0.6 is 0 Å². The van der Waals surface area contributed by atoms with Crippen LogP contribution in [-0.2, 0) is 6.42 Å². The van der Waals surface area contributed by atoms with Gasteiger partial charge in [0.15, 0.2) is 0 Å². The SMILES string of the molecule is CCCc1nc(N)cc(NC(C)C(C)(C)C)n1. The van der Waals surface area contributed by atoms with Crippen LogP contribution in [0.3, 0.4) is 0 Å². The standard InChI is InChI=1S/C13H24N4/c1-6-7-11-16-10(14)8-12(17-11)15-9(2)13(3,4)5/h8-9H,6-7H2,1-5H3,(H3,14,15,16,17). The first-order valence-electron chi connectivity index (χ1n) is 6.23. The van der Waals surface area contributed by atoms with Gasteiger partial charge in [0.2, 0.25) is 0 Å². The first-order chi connectivity index (χ1) is 7.82. The summed E-state index contributed by atoms with van der Waals surface area (Å²) in [6.45, 7) is 10.8. The molecule has 1 unspecified atom stereocenters. The van der Waals surface area contributed by atoms with Crippen molar-refractivity contribution in [1.29, 1.82) is 0 Å². The van der Waals surface area contributed by atoms with Gasteiger partial charge in [-0.3, -0.25) is 0 Å². The molecule has 0 aliphatic rings. The van der Waals surface area contributed by atoms with Crippen molar-refractivity contribution in [2.24, 2.45) is 5.41 Å². The van der Waals surface area contributed by atoms with Crippen molar-refractivity contribution in [3.05, 3.63) is 11.9 Å². The highest BCUT2D eigenvalue weighted by molar-refractivity contribution is 5.45. The Bertz CT molecular complexity index is 368. The lowest BCUT2D eigenvalue weighted by Gasteiger charge is -2.28. The molecular weight excluding hydrogens is 212 g/mol. The summed E-state index contributed by atoms with van der Waals surface area (Å²) in [5, 5.41) is 3.39. The average Bonchev–Trinajstić information content (AvgIpc) is 2.15. The topological polar surface area (TPSA) is 63.8 Å². The Balaban J connectivity index is 2.84. The molecule has 1 rings (SSSR count). The van der Waals surface area contributed by atoms with E-state index in [4.69, 9.17) is 5.73 Å². The Labute approximate surface area is 104 Å². The molecule has 0 aromatic carbocycles. The Hall–Kier alpha value is -1.32. The smallest absolute Gasteiger partial charge is 0.133 e. The first-order valence-corrected chi connectivity index (χ1v) is 6.23. The fraction of sp³-hybridized carbons (Fsp3) is 0.692. The molecule has 1 aromatic rings. The summed E-state index contributed by atoms with van der Waals surface area (Å²) in [7, 11) is 0. The molecule has 0 bridgehead atoms. The van der Waals surface area contributed by atoms with E-state index < -0.39 is 0 Å². The zero-order chi connectivity index (χ0) is 13.1. The van der Waals surface area contributed by atoms with E-state index in [0.29, 0.717) is 11.9 Å². The van der Waals surface area contributed by atoms with Crippen LogP contribution in [0.25, 0.3) is 0 Å². The highest BCUT2D eigenvalue weighted by Crippen LogP contribution is 2.22. The molecule has 17 heavy (non-hydrogen) atoms. The van der Waals surface area contributed by atoms with Gasteiger partial charge in [-0.15, -0.1) is 0 Å². The molecule has 0 spiro atoms. The molecule has 0 aliphatic carbocycles. The molecule has 96 valence electrons. The maximum Gasteiger partial charge on any atom is 0.133 e. The lowest BCUT2D eigenvalue weighted by Crippen LogP contribution is -2.31. The molecule has 0 fully saturated rings. The van der Waals surface area contributed by atoms with Crippen molar-refractivity contribution in [3.8, 4) is 0 Å². The summed E-state index contributed by atoms with van der Waals surface area (Å²) >= 11 is 0. The van der Waals surface area contributed by atoms with Crippen molar-refractivity contribution >= 4 is 11.6 Å². The molecule has 0 amide bonds. The second-order valence-electron chi connectivity index (χ2n) is 5.58. The summed E-state index contributed by atoms with van der Waals surface area (Å²) in [6.07, 6.45) is 1.89. The molecule has 1 aromatic heterocycles. The number of rotatable bonds is 4. The van der Waals surface area contributed by atoms with E-state index in [1.54, 1.807) is 6.07 Å². The number of nitrogen functional groups attached to an aromatic ring is 1. The number of hydrogen-bond acceptors (Lipinski definition) is 4. The van der Waals surface area contributed by atoms with Crippen LogP contribution in [0.5, 0.6) is 0 Å². The monoisotopic (exact) mass is 236 g/mol. The number of nitrogens with zero attached hydrogens (tertiary/aromatic N) is 2. The number of aromatic nitrogens is 2. The van der Waals surface area contributed by atoms with Crippen LogP contribution in [-0.4, -0.2) is 16.0 Å². The molecule has 0 radical (unpaired) electrons. The normalized spacial score (nSPS) is 13.5. The lowest BCUT2D eigenvalue weighted by atomic mass is 9.88. The Morgan fingerprint density at radius 1 is 1.35 bits per heavy atom. The summed E-state index contributed by atoms with van der Waals surface area (Å²) in [5.41, 5.74) is 5.97. The van der Waals surface area contributed by atoms with Crippen molar-refractivity contribution in [2.45, 2.75) is 53.5 Å². The summed E-state index contributed by atoms with van der Waals surface area (Å²) in [5.74, 6) is 2.17. The van der Waals surface area contributed by atoms with Crippen molar-refractivity contribution in [1.82, 2.24) is 9.97 Å². The van der Waals surface area contributed by atoms with Crippen molar-refractivity contribution < 1.29 is 0 Å². The third-order valence-corrected chi connectivity index (χ3v) is 2.93. The van der Waals surface area contributed by atoms with Crippen molar-refractivity contribution in [2.75, 3.05) is 11.1 Å². The van der Waals surface area contributed by atoms with Crippen LogP contribution in [0.4, 0.5) is 11.6 Å². The van der Waals surface area contributed by atoms with E-state index in [-0.39, 0.29) is 5.41 Å². The molecule has 0 aliphatic heterocycles. The number of nitrogens with one attached hydrogen (secondary N) is 1. The second-order valence-corrected chi connectivity index (χ2v) is 5.58. The zero-order valence-corrected chi connectivity index (χ0v) is 11.5. The van der Waals surface area contributed by atoms with E-state index >= 15 is 0 Å². The van der Waals surface area contributed by atoms with Crippen LogP contribution in [0.1, 0.15) is 46.9 Å². The van der Waals surface area contributed by atoms with E-state index in [9.17, 15) is 0 Å². The van der Waals surface area contributed by atoms with E-state index in [0.717, 1.165) is 24.5 Å². The predicted molar refractivity (Wildman–Crippen MR) is 73.0 cm³/mol. The highest BCUT2D eigenvalue weighted by Gasteiger charge is 2.20. The Morgan fingerprint density at radius 3 is 2.53 bits per heavy atom. The summed E-state index contributed by atoms with van der Waals surface area (Å²) in [4.78, 5) is 8.69. The van der Waals surface area contributed by atoms with Gasteiger partial charge in [-0.05, 0) is 18.8 Å². The van der Waals surface area contributed by atoms with Gasteiger partial charge in [0.05, 0.1) is 0 Å². The maximum absolute atomic E-state index is 5.78. The predicted octanol–water partition coefficient (Wildman–Crippen LogP) is 2.86. The molecule has 4 heteroatoms. The highest BCUT2D eigenvalue weighted by atomic mass is 15.1. The number of hydrogen-bond donors (Lipinski definition) is 2. The number of aryl methyl sites for hydroxylation is 1. The van der Waals surface area contributed by atoms with Crippen LogP contribution < -0.4 is 11.1 Å². The minimum atomic E-state index is 0.185. The van der Waals surface area contributed by atoms with Crippen molar-refractivity contribution in [3.63, 3.8) is 0 Å². The lowest BCUT2D eigenvalue weighted by molar-refractivity contribution is 0.358. The third-order valence-electron chi connectivity index (χ3n) is 2.93. The van der Waals surface area contributed by atoms with Crippen LogP contribution in [0.2, 0.25) is 0 Å². The van der Waals surface area contributed by atoms with Gasteiger partial charge in [-0.2, -0.15) is 0 Å². The zero-order valence-electron chi connectivity index (χ0n) is 11.5. The van der Waals surface area contributed by atoms with Crippen LogP contribution in [0, 0.1) is 5.41 Å². The minimum Gasteiger partial charge on any atom is -0.384 e. The quantitative estimate of drug-likeness (QED) is 0.843. The number of anilines is 2.